The minimum absolute atomic E-state index is 0.131. The van der Waals surface area contributed by atoms with E-state index < -0.39 is 0 Å². The van der Waals surface area contributed by atoms with Gasteiger partial charge in [0, 0.05) is 24.1 Å². The van der Waals surface area contributed by atoms with Crippen LogP contribution in [-0.2, 0) is 6.42 Å². The lowest BCUT2D eigenvalue weighted by molar-refractivity contribution is 0.951. The van der Waals surface area contributed by atoms with E-state index in [9.17, 15) is 4.79 Å². The fourth-order valence-corrected chi connectivity index (χ4v) is 1.14. The first kappa shape index (κ1) is 7.91. The number of aryl methyl sites for hydroxylation is 1. The molecule has 4 nitrogen and oxygen atoms in total. The summed E-state index contributed by atoms with van der Waals surface area (Å²) in [5, 5.41) is 0.858. The third kappa shape index (κ3) is 1.42. The molecular weight excluding hydrogens is 166 g/mol. The highest BCUT2D eigenvalue weighted by Crippen LogP contribution is 2.04. The van der Waals surface area contributed by atoms with Gasteiger partial charge in [-0.2, -0.15) is 0 Å². The van der Waals surface area contributed by atoms with E-state index in [0.29, 0.717) is 5.65 Å². The van der Waals surface area contributed by atoms with Crippen LogP contribution >= 0.6 is 0 Å². The zero-order valence-electron chi connectivity index (χ0n) is 7.24. The Labute approximate surface area is 74.7 Å². The van der Waals surface area contributed by atoms with Gasteiger partial charge in [0.2, 0.25) is 5.56 Å². The fraction of sp³-hybridized carbons (Fsp3) is 0.222. The van der Waals surface area contributed by atoms with Crippen LogP contribution in [0.4, 0.5) is 0 Å². The van der Waals surface area contributed by atoms with Crippen LogP contribution in [0.2, 0.25) is 0 Å². The second-order valence-electron chi connectivity index (χ2n) is 2.77. The molecule has 0 unspecified atom stereocenters. The van der Waals surface area contributed by atoms with Crippen molar-refractivity contribution < 1.29 is 0 Å². The molecule has 2 rings (SSSR count). The third-order valence-electron chi connectivity index (χ3n) is 1.84. The summed E-state index contributed by atoms with van der Waals surface area (Å²) in [7, 11) is 0. The van der Waals surface area contributed by atoms with Crippen LogP contribution in [0.3, 0.4) is 0 Å². The van der Waals surface area contributed by atoms with Crippen LogP contribution < -0.4 is 5.56 Å². The predicted octanol–water partition coefficient (Wildman–Crippen LogP) is 0.880. The normalized spacial score (nSPS) is 10.5. The van der Waals surface area contributed by atoms with Crippen LogP contribution in [0.15, 0.2) is 23.1 Å². The molecule has 2 aromatic rings. The number of aromatic nitrogens is 3. The van der Waals surface area contributed by atoms with E-state index >= 15 is 0 Å². The molecule has 0 aromatic carbocycles. The van der Waals surface area contributed by atoms with Gasteiger partial charge in [-0.05, 0) is 6.07 Å². The lowest BCUT2D eigenvalue weighted by Gasteiger charge is -1.97. The Balaban J connectivity index is 2.75. The molecule has 0 fully saturated rings. The van der Waals surface area contributed by atoms with Gasteiger partial charge in [0.05, 0.1) is 0 Å². The molecule has 2 aromatic heterocycles. The second kappa shape index (κ2) is 2.97. The molecule has 0 atom stereocenters. The molecule has 0 aliphatic carbocycles. The molecule has 0 aliphatic heterocycles. The van der Waals surface area contributed by atoms with Gasteiger partial charge in [-0.15, -0.1) is 0 Å². The van der Waals surface area contributed by atoms with E-state index in [1.54, 1.807) is 12.3 Å². The number of rotatable bonds is 1. The van der Waals surface area contributed by atoms with Gasteiger partial charge in [0.25, 0.3) is 0 Å². The van der Waals surface area contributed by atoms with Crippen molar-refractivity contribution in [3.05, 3.63) is 34.5 Å². The van der Waals surface area contributed by atoms with E-state index in [-0.39, 0.29) is 5.56 Å². The van der Waals surface area contributed by atoms with E-state index in [1.807, 2.05) is 6.92 Å². The van der Waals surface area contributed by atoms with Gasteiger partial charge in [-0.25, -0.2) is 9.97 Å². The molecule has 2 heterocycles. The van der Waals surface area contributed by atoms with Crippen LogP contribution in [0.25, 0.3) is 11.0 Å². The van der Waals surface area contributed by atoms with Crippen molar-refractivity contribution in [3.63, 3.8) is 0 Å². The van der Waals surface area contributed by atoms with Gasteiger partial charge >= 0.3 is 0 Å². The number of nitrogens with one attached hydrogen (secondary N) is 1. The van der Waals surface area contributed by atoms with E-state index in [0.717, 1.165) is 17.6 Å². The Morgan fingerprint density at radius 2 is 2.31 bits per heavy atom. The Morgan fingerprint density at radius 1 is 1.46 bits per heavy atom. The van der Waals surface area contributed by atoms with Gasteiger partial charge in [-0.1, -0.05) is 6.92 Å². The Morgan fingerprint density at radius 3 is 3.08 bits per heavy atom. The second-order valence-corrected chi connectivity index (χ2v) is 2.77. The van der Waals surface area contributed by atoms with Crippen molar-refractivity contribution in [1.82, 2.24) is 15.0 Å². The molecule has 0 radical (unpaired) electrons. The molecule has 0 saturated heterocycles. The van der Waals surface area contributed by atoms with Gasteiger partial charge in [0.1, 0.15) is 11.5 Å². The Bertz CT molecular complexity index is 489. The molecule has 1 N–H and O–H groups in total. The maximum Gasteiger partial charge on any atom is 0.249 e. The average molecular weight is 175 g/mol. The number of hydrogen-bond donors (Lipinski definition) is 1. The zero-order chi connectivity index (χ0) is 9.26. The van der Waals surface area contributed by atoms with Crippen LogP contribution in [-0.4, -0.2) is 15.0 Å². The van der Waals surface area contributed by atoms with Gasteiger partial charge in [-0.3, -0.25) is 4.79 Å². The number of hydrogen-bond acceptors (Lipinski definition) is 3. The van der Waals surface area contributed by atoms with Crippen molar-refractivity contribution in [3.8, 4) is 0 Å². The number of pyridine rings is 1. The topological polar surface area (TPSA) is 58.6 Å². The highest BCUT2D eigenvalue weighted by molar-refractivity contribution is 5.72. The number of fused-ring (bicyclic) bond motifs is 1. The first-order valence-corrected chi connectivity index (χ1v) is 4.14. The number of H-pyrrole nitrogens is 1. The SMILES string of the molecule is CCc1ncc2ccc(=O)[nH]c2n1. The molecule has 0 saturated carbocycles. The van der Waals surface area contributed by atoms with Crippen molar-refractivity contribution in [2.45, 2.75) is 13.3 Å². The summed E-state index contributed by atoms with van der Waals surface area (Å²) in [5.41, 5.74) is 0.479. The van der Waals surface area contributed by atoms with E-state index in [4.69, 9.17) is 0 Å². The smallest absolute Gasteiger partial charge is 0.249 e. The number of nitrogens with zero attached hydrogens (tertiary/aromatic N) is 2. The van der Waals surface area contributed by atoms with Gasteiger partial charge < -0.3 is 4.98 Å². The fourth-order valence-electron chi connectivity index (χ4n) is 1.14. The predicted molar refractivity (Wildman–Crippen MR) is 49.5 cm³/mol. The van der Waals surface area contributed by atoms with Crippen molar-refractivity contribution in [1.29, 1.82) is 0 Å². The summed E-state index contributed by atoms with van der Waals surface area (Å²) < 4.78 is 0. The average Bonchev–Trinajstić information content (AvgIpc) is 2.16. The zero-order valence-corrected chi connectivity index (χ0v) is 7.24. The minimum Gasteiger partial charge on any atom is -0.306 e. The minimum atomic E-state index is -0.131. The standard InChI is InChI=1S/C9H9N3O/c1-2-7-10-5-6-3-4-8(13)12-9(6)11-7/h3-5H,2H2,1H3,(H,10,11,12,13). The summed E-state index contributed by atoms with van der Waals surface area (Å²) in [4.78, 5) is 21.9. The van der Waals surface area contributed by atoms with E-state index in [2.05, 4.69) is 15.0 Å². The van der Waals surface area contributed by atoms with Crippen molar-refractivity contribution in [2.75, 3.05) is 0 Å². The molecule has 0 bridgehead atoms. The van der Waals surface area contributed by atoms with E-state index in [1.165, 1.54) is 6.07 Å². The first-order valence-electron chi connectivity index (χ1n) is 4.14. The summed E-state index contributed by atoms with van der Waals surface area (Å²) in [5.74, 6) is 0.745. The molecule has 13 heavy (non-hydrogen) atoms. The molecule has 0 aliphatic rings. The lowest BCUT2D eigenvalue weighted by Crippen LogP contribution is -2.05. The monoisotopic (exact) mass is 175 g/mol. The van der Waals surface area contributed by atoms with Crippen LogP contribution in [0, 0.1) is 0 Å². The summed E-state index contributed by atoms with van der Waals surface area (Å²) in [6, 6.07) is 3.19. The van der Waals surface area contributed by atoms with Crippen LogP contribution in [0.5, 0.6) is 0 Å². The van der Waals surface area contributed by atoms with Crippen molar-refractivity contribution in [2.24, 2.45) is 0 Å². The maximum absolute atomic E-state index is 11.0. The highest BCUT2D eigenvalue weighted by atomic mass is 16.1. The largest absolute Gasteiger partial charge is 0.306 e. The first-order chi connectivity index (χ1) is 6.29. The Hall–Kier alpha value is -1.71. The number of aromatic amines is 1. The lowest BCUT2D eigenvalue weighted by atomic mass is 10.3. The summed E-state index contributed by atoms with van der Waals surface area (Å²) in [6.07, 6.45) is 2.49. The van der Waals surface area contributed by atoms with Crippen LogP contribution in [0.1, 0.15) is 12.7 Å². The third-order valence-corrected chi connectivity index (χ3v) is 1.84. The molecule has 0 spiro atoms. The molecule has 66 valence electrons. The highest BCUT2D eigenvalue weighted by Gasteiger charge is 1.97. The maximum atomic E-state index is 11.0. The van der Waals surface area contributed by atoms with Crippen molar-refractivity contribution >= 4 is 11.0 Å². The quantitative estimate of drug-likeness (QED) is 0.699. The summed E-state index contributed by atoms with van der Waals surface area (Å²) >= 11 is 0. The Kier molecular flexibility index (Phi) is 1.81. The molecule has 4 heteroatoms. The summed E-state index contributed by atoms with van der Waals surface area (Å²) in [6.45, 7) is 1.97. The molecular formula is C9H9N3O. The van der Waals surface area contributed by atoms with Gasteiger partial charge in [0.15, 0.2) is 0 Å². The molecule has 0 amide bonds.